The first-order chi connectivity index (χ1) is 9.48. The summed E-state index contributed by atoms with van der Waals surface area (Å²) in [5.41, 5.74) is 0. The lowest BCUT2D eigenvalue weighted by Crippen LogP contribution is -2.52. The van der Waals surface area contributed by atoms with E-state index in [2.05, 4.69) is 10.6 Å². The lowest BCUT2D eigenvalue weighted by Gasteiger charge is -2.30. The van der Waals surface area contributed by atoms with Crippen LogP contribution >= 0.6 is 0 Å². The second-order valence-electron chi connectivity index (χ2n) is 4.61. The number of likely N-dealkylation sites (N-methyl/N-ethyl adjacent to an activating group) is 1. The van der Waals surface area contributed by atoms with E-state index in [9.17, 15) is 13.2 Å². The number of amides is 1. The zero-order chi connectivity index (χ0) is 15.0. The van der Waals surface area contributed by atoms with E-state index >= 15 is 0 Å². The van der Waals surface area contributed by atoms with E-state index in [0.29, 0.717) is 45.8 Å². The van der Waals surface area contributed by atoms with Crippen LogP contribution in [0.15, 0.2) is 0 Å². The first kappa shape index (κ1) is 17.3. The van der Waals surface area contributed by atoms with Gasteiger partial charge >= 0.3 is 0 Å². The van der Waals surface area contributed by atoms with Crippen LogP contribution in [0.1, 0.15) is 6.42 Å². The average Bonchev–Trinajstić information content (AvgIpc) is 2.44. The first-order valence-electron chi connectivity index (χ1n) is 6.66. The molecule has 0 aliphatic carbocycles. The van der Waals surface area contributed by atoms with Gasteiger partial charge in [-0.3, -0.25) is 4.79 Å². The molecule has 20 heavy (non-hydrogen) atoms. The summed E-state index contributed by atoms with van der Waals surface area (Å²) in [4.78, 5) is 11.7. The van der Waals surface area contributed by atoms with Gasteiger partial charge in [0.25, 0.3) is 10.2 Å². The number of carbonyl (C=O) groups excluding carboxylic acids is 1. The minimum atomic E-state index is -3.55. The highest BCUT2D eigenvalue weighted by atomic mass is 32.2. The van der Waals surface area contributed by atoms with Gasteiger partial charge in [-0.2, -0.15) is 17.0 Å². The van der Waals surface area contributed by atoms with Gasteiger partial charge in [-0.15, -0.1) is 0 Å². The van der Waals surface area contributed by atoms with Crippen molar-refractivity contribution < 1.29 is 17.9 Å². The number of nitrogens with zero attached hydrogens (tertiary/aromatic N) is 2. The molecule has 0 spiro atoms. The molecule has 0 aromatic rings. The number of hydrogen-bond acceptors (Lipinski definition) is 5. The minimum absolute atomic E-state index is 0.167. The highest BCUT2D eigenvalue weighted by molar-refractivity contribution is 7.86. The Hall–Kier alpha value is -0.740. The molecule has 118 valence electrons. The third kappa shape index (κ3) is 5.33. The summed E-state index contributed by atoms with van der Waals surface area (Å²) in [6.45, 7) is 3.01. The topological polar surface area (TPSA) is 91.0 Å². The van der Waals surface area contributed by atoms with Crippen LogP contribution in [-0.2, 0) is 19.7 Å². The molecule has 0 unspecified atom stereocenters. The van der Waals surface area contributed by atoms with E-state index in [4.69, 9.17) is 4.74 Å². The fourth-order valence-corrected chi connectivity index (χ4v) is 3.17. The highest BCUT2D eigenvalue weighted by Crippen LogP contribution is 2.06. The molecule has 9 heteroatoms. The molecule has 0 radical (unpaired) electrons. The Morgan fingerprint density at radius 1 is 1.40 bits per heavy atom. The van der Waals surface area contributed by atoms with Crippen molar-refractivity contribution in [3.8, 4) is 0 Å². The van der Waals surface area contributed by atoms with Crippen molar-refractivity contribution >= 4 is 16.1 Å². The number of rotatable bonds is 8. The molecule has 8 nitrogen and oxygen atoms in total. The molecule has 1 rings (SSSR count). The van der Waals surface area contributed by atoms with Gasteiger partial charge < -0.3 is 15.4 Å². The predicted molar refractivity (Wildman–Crippen MR) is 75.5 cm³/mol. The number of piperazine rings is 1. The van der Waals surface area contributed by atoms with E-state index in [1.54, 1.807) is 7.11 Å². The maximum Gasteiger partial charge on any atom is 0.282 e. The summed E-state index contributed by atoms with van der Waals surface area (Å²) < 4.78 is 31.8. The lowest BCUT2D eigenvalue weighted by molar-refractivity contribution is -0.121. The monoisotopic (exact) mass is 308 g/mol. The third-order valence-corrected chi connectivity index (χ3v) is 4.94. The van der Waals surface area contributed by atoms with Gasteiger partial charge in [0.1, 0.15) is 0 Å². The van der Waals surface area contributed by atoms with Crippen molar-refractivity contribution in [3.05, 3.63) is 0 Å². The van der Waals surface area contributed by atoms with Gasteiger partial charge in [0.15, 0.2) is 0 Å². The first-order valence-corrected chi connectivity index (χ1v) is 8.06. The number of nitrogens with one attached hydrogen (secondary N) is 2. The quantitative estimate of drug-likeness (QED) is 0.517. The van der Waals surface area contributed by atoms with Crippen molar-refractivity contribution in [2.24, 2.45) is 0 Å². The SMILES string of the molecule is COCCCNC(=O)CN(C)S(=O)(=O)N1CCNCC1. The van der Waals surface area contributed by atoms with Crippen molar-refractivity contribution in [3.63, 3.8) is 0 Å². The normalized spacial score (nSPS) is 17.4. The fraction of sp³-hybridized carbons (Fsp3) is 0.909. The van der Waals surface area contributed by atoms with Crippen molar-refractivity contribution in [1.29, 1.82) is 0 Å². The van der Waals surface area contributed by atoms with Gasteiger partial charge in [-0.05, 0) is 6.42 Å². The van der Waals surface area contributed by atoms with Crippen LogP contribution in [0.3, 0.4) is 0 Å². The summed E-state index contributed by atoms with van der Waals surface area (Å²) in [7, 11) is -0.536. The molecule has 0 aromatic carbocycles. The second-order valence-corrected chi connectivity index (χ2v) is 6.64. The van der Waals surface area contributed by atoms with Crippen LogP contribution in [0.2, 0.25) is 0 Å². The molecule has 0 atom stereocenters. The Morgan fingerprint density at radius 2 is 2.05 bits per heavy atom. The molecule has 1 aliphatic heterocycles. The lowest BCUT2D eigenvalue weighted by atomic mass is 10.4. The molecule has 1 aliphatic rings. The number of ether oxygens (including phenoxy) is 1. The molecule has 1 heterocycles. The molecular formula is C11H24N4O4S. The van der Waals surface area contributed by atoms with E-state index in [1.807, 2.05) is 0 Å². The fourth-order valence-electron chi connectivity index (χ4n) is 1.86. The average molecular weight is 308 g/mol. The number of carbonyl (C=O) groups is 1. The standard InChI is InChI=1S/C11H24N4O4S/c1-14(10-11(16)13-4-3-9-19-2)20(17,18)15-7-5-12-6-8-15/h12H,3-10H2,1-2H3,(H,13,16). The van der Waals surface area contributed by atoms with Crippen LogP contribution in [0.5, 0.6) is 0 Å². The zero-order valence-electron chi connectivity index (χ0n) is 12.1. The second kappa shape index (κ2) is 8.53. The van der Waals surface area contributed by atoms with Crippen molar-refractivity contribution in [1.82, 2.24) is 19.2 Å². The number of hydrogen-bond donors (Lipinski definition) is 2. The molecule has 1 amide bonds. The zero-order valence-corrected chi connectivity index (χ0v) is 12.9. The largest absolute Gasteiger partial charge is 0.385 e. The molecule has 0 aromatic heterocycles. The molecular weight excluding hydrogens is 284 g/mol. The summed E-state index contributed by atoms with van der Waals surface area (Å²) in [5.74, 6) is -0.303. The molecule has 0 bridgehead atoms. The maximum atomic E-state index is 12.2. The molecule has 0 saturated carbocycles. The van der Waals surface area contributed by atoms with E-state index in [0.717, 1.165) is 4.31 Å². The van der Waals surface area contributed by atoms with Crippen LogP contribution in [0.25, 0.3) is 0 Å². The van der Waals surface area contributed by atoms with Gasteiger partial charge in [-0.25, -0.2) is 0 Å². The summed E-state index contributed by atoms with van der Waals surface area (Å²) in [5, 5.41) is 5.76. The van der Waals surface area contributed by atoms with Crippen LogP contribution in [0.4, 0.5) is 0 Å². The van der Waals surface area contributed by atoms with E-state index < -0.39 is 10.2 Å². The molecule has 2 N–H and O–H groups in total. The summed E-state index contributed by atoms with van der Waals surface area (Å²) in [6, 6.07) is 0. The van der Waals surface area contributed by atoms with Gasteiger partial charge in [0, 0.05) is 53.5 Å². The molecule has 1 saturated heterocycles. The Morgan fingerprint density at radius 3 is 2.65 bits per heavy atom. The predicted octanol–water partition coefficient (Wildman–Crippen LogP) is -1.78. The minimum Gasteiger partial charge on any atom is -0.385 e. The van der Waals surface area contributed by atoms with E-state index in [-0.39, 0.29) is 12.5 Å². The Kier molecular flexibility index (Phi) is 7.38. The molecule has 1 fully saturated rings. The van der Waals surface area contributed by atoms with Crippen LogP contribution in [0, 0.1) is 0 Å². The Labute approximate surface area is 120 Å². The summed E-state index contributed by atoms with van der Waals surface area (Å²) >= 11 is 0. The van der Waals surface area contributed by atoms with Gasteiger partial charge in [0.2, 0.25) is 5.91 Å². The number of methoxy groups -OCH3 is 1. The van der Waals surface area contributed by atoms with E-state index in [1.165, 1.54) is 11.4 Å². The smallest absolute Gasteiger partial charge is 0.282 e. The van der Waals surface area contributed by atoms with Crippen molar-refractivity contribution in [2.75, 3.05) is 60.0 Å². The Balaban J connectivity index is 2.39. The summed E-state index contributed by atoms with van der Waals surface area (Å²) in [6.07, 6.45) is 0.705. The Bertz CT molecular complexity index is 395. The van der Waals surface area contributed by atoms with Gasteiger partial charge in [-0.1, -0.05) is 0 Å². The van der Waals surface area contributed by atoms with Crippen LogP contribution < -0.4 is 10.6 Å². The third-order valence-electron chi connectivity index (χ3n) is 3.01. The van der Waals surface area contributed by atoms with Gasteiger partial charge in [0.05, 0.1) is 6.54 Å². The highest BCUT2D eigenvalue weighted by Gasteiger charge is 2.29. The maximum absolute atomic E-state index is 12.2. The van der Waals surface area contributed by atoms with Crippen LogP contribution in [-0.4, -0.2) is 83.0 Å². The van der Waals surface area contributed by atoms with Crippen molar-refractivity contribution in [2.45, 2.75) is 6.42 Å².